The predicted octanol–water partition coefficient (Wildman–Crippen LogP) is 3.46. The lowest BCUT2D eigenvalue weighted by Crippen LogP contribution is -2.41. The Balaban J connectivity index is 1.71. The third kappa shape index (κ3) is 4.82. The van der Waals surface area contributed by atoms with Crippen LogP contribution in [0.5, 0.6) is 0 Å². The van der Waals surface area contributed by atoms with Gasteiger partial charge in [0.25, 0.3) is 5.91 Å². The molecule has 1 aromatic carbocycles. The fraction of sp³-hybridized carbons (Fsp3) is 0.600. The van der Waals surface area contributed by atoms with Crippen LogP contribution in [0.4, 0.5) is 5.69 Å². The molecule has 1 N–H and O–H groups in total. The molecule has 0 spiro atoms. The standard InChI is InChI=1S/C20H28N2O3/c1-2-19(23)21-17-9-4-8-16(12-17)20(24)22(13-15-6-3-7-15)14-18-10-5-11-25-18/h4,8-9,12,15,18H,2-3,5-7,10-11,13-14H2,1H3,(H,21,23). The fourth-order valence-electron chi connectivity index (χ4n) is 3.42. The molecule has 1 aliphatic carbocycles. The number of amides is 2. The average Bonchev–Trinajstić information content (AvgIpc) is 3.09. The van der Waals surface area contributed by atoms with Gasteiger partial charge in [-0.1, -0.05) is 19.4 Å². The minimum absolute atomic E-state index is 0.0370. The average molecular weight is 344 g/mol. The summed E-state index contributed by atoms with van der Waals surface area (Å²) in [4.78, 5) is 26.6. The van der Waals surface area contributed by atoms with Gasteiger partial charge in [0.2, 0.25) is 5.91 Å². The molecule has 1 unspecified atom stereocenters. The predicted molar refractivity (Wildman–Crippen MR) is 97.6 cm³/mol. The lowest BCUT2D eigenvalue weighted by molar-refractivity contribution is -0.115. The van der Waals surface area contributed by atoms with Crippen molar-refractivity contribution in [2.24, 2.45) is 5.92 Å². The molecule has 5 nitrogen and oxygen atoms in total. The van der Waals surface area contributed by atoms with Gasteiger partial charge in [-0.2, -0.15) is 0 Å². The van der Waals surface area contributed by atoms with Crippen LogP contribution in [0.1, 0.15) is 55.8 Å². The van der Waals surface area contributed by atoms with Gasteiger partial charge < -0.3 is 15.0 Å². The lowest BCUT2D eigenvalue weighted by Gasteiger charge is -2.33. The third-order valence-electron chi connectivity index (χ3n) is 5.15. The molecule has 136 valence electrons. The van der Waals surface area contributed by atoms with Crippen LogP contribution in [-0.4, -0.2) is 42.5 Å². The summed E-state index contributed by atoms with van der Waals surface area (Å²) >= 11 is 0. The van der Waals surface area contributed by atoms with E-state index in [1.165, 1.54) is 19.3 Å². The maximum Gasteiger partial charge on any atom is 0.254 e. The van der Waals surface area contributed by atoms with E-state index in [1.54, 1.807) is 6.07 Å². The minimum atomic E-state index is -0.0460. The van der Waals surface area contributed by atoms with E-state index in [1.807, 2.05) is 30.0 Å². The van der Waals surface area contributed by atoms with Crippen LogP contribution in [0.15, 0.2) is 24.3 Å². The molecule has 5 heteroatoms. The molecule has 0 bridgehead atoms. The maximum atomic E-state index is 13.1. The van der Waals surface area contributed by atoms with Crippen LogP contribution in [0.25, 0.3) is 0 Å². The Morgan fingerprint density at radius 2 is 2.04 bits per heavy atom. The van der Waals surface area contributed by atoms with Gasteiger partial charge in [-0.3, -0.25) is 9.59 Å². The molecule has 1 heterocycles. The summed E-state index contributed by atoms with van der Waals surface area (Å²) in [5.74, 6) is 0.610. The number of carbonyl (C=O) groups is 2. The van der Waals surface area contributed by atoms with Gasteiger partial charge in [0.15, 0.2) is 0 Å². The van der Waals surface area contributed by atoms with Gasteiger partial charge in [-0.05, 0) is 49.8 Å². The molecule has 1 atom stereocenters. The highest BCUT2D eigenvalue weighted by atomic mass is 16.5. The lowest BCUT2D eigenvalue weighted by atomic mass is 9.85. The topological polar surface area (TPSA) is 58.6 Å². The summed E-state index contributed by atoms with van der Waals surface area (Å²) in [6.07, 6.45) is 6.38. The number of hydrogen-bond acceptors (Lipinski definition) is 3. The van der Waals surface area contributed by atoms with E-state index in [0.717, 1.165) is 26.0 Å². The first-order valence-corrected chi connectivity index (χ1v) is 9.46. The molecule has 1 saturated carbocycles. The highest BCUT2D eigenvalue weighted by Crippen LogP contribution is 2.28. The summed E-state index contributed by atoms with van der Waals surface area (Å²) in [6.45, 7) is 4.09. The van der Waals surface area contributed by atoms with Gasteiger partial charge >= 0.3 is 0 Å². The summed E-state index contributed by atoms with van der Waals surface area (Å²) in [5.41, 5.74) is 1.31. The van der Waals surface area contributed by atoms with Crippen molar-refractivity contribution in [3.63, 3.8) is 0 Å². The summed E-state index contributed by atoms with van der Waals surface area (Å²) < 4.78 is 5.74. The number of hydrogen-bond donors (Lipinski definition) is 1. The van der Waals surface area contributed by atoms with E-state index in [9.17, 15) is 9.59 Å². The number of rotatable bonds is 7. The Morgan fingerprint density at radius 1 is 1.20 bits per heavy atom. The smallest absolute Gasteiger partial charge is 0.254 e. The quantitative estimate of drug-likeness (QED) is 0.824. The van der Waals surface area contributed by atoms with E-state index >= 15 is 0 Å². The van der Waals surface area contributed by atoms with Gasteiger partial charge in [0.05, 0.1) is 6.10 Å². The van der Waals surface area contributed by atoms with Crippen molar-refractivity contribution in [3.05, 3.63) is 29.8 Å². The number of ether oxygens (including phenoxy) is 1. The zero-order valence-corrected chi connectivity index (χ0v) is 15.0. The van der Waals surface area contributed by atoms with Crippen molar-refractivity contribution < 1.29 is 14.3 Å². The SMILES string of the molecule is CCC(=O)Nc1cccc(C(=O)N(CC2CCC2)CC2CCCO2)c1. The van der Waals surface area contributed by atoms with Crippen LogP contribution < -0.4 is 5.32 Å². The van der Waals surface area contributed by atoms with Crippen molar-refractivity contribution in [3.8, 4) is 0 Å². The van der Waals surface area contributed by atoms with Gasteiger partial charge in [0.1, 0.15) is 0 Å². The second kappa shape index (κ2) is 8.48. The first kappa shape index (κ1) is 17.9. The zero-order valence-electron chi connectivity index (χ0n) is 15.0. The van der Waals surface area contributed by atoms with Gasteiger partial charge in [-0.25, -0.2) is 0 Å². The number of benzene rings is 1. The second-order valence-corrected chi connectivity index (χ2v) is 7.12. The molecule has 1 aromatic rings. The van der Waals surface area contributed by atoms with Crippen molar-refractivity contribution in [1.29, 1.82) is 0 Å². The van der Waals surface area contributed by atoms with E-state index in [4.69, 9.17) is 4.74 Å². The fourth-order valence-corrected chi connectivity index (χ4v) is 3.42. The Kier molecular flexibility index (Phi) is 6.08. The Morgan fingerprint density at radius 3 is 2.68 bits per heavy atom. The van der Waals surface area contributed by atoms with Crippen molar-refractivity contribution in [2.45, 2.75) is 51.6 Å². The summed E-state index contributed by atoms with van der Waals surface area (Å²) in [6, 6.07) is 7.25. The number of nitrogens with one attached hydrogen (secondary N) is 1. The van der Waals surface area contributed by atoms with E-state index in [-0.39, 0.29) is 17.9 Å². The number of nitrogens with zero attached hydrogens (tertiary/aromatic N) is 1. The molecule has 0 radical (unpaired) electrons. The molecular formula is C20H28N2O3. The maximum absolute atomic E-state index is 13.1. The van der Waals surface area contributed by atoms with Crippen LogP contribution in [0, 0.1) is 5.92 Å². The second-order valence-electron chi connectivity index (χ2n) is 7.12. The Labute approximate surface area is 149 Å². The minimum Gasteiger partial charge on any atom is -0.376 e. The van der Waals surface area contributed by atoms with Crippen LogP contribution >= 0.6 is 0 Å². The van der Waals surface area contributed by atoms with Crippen molar-refractivity contribution in [1.82, 2.24) is 4.90 Å². The molecule has 1 saturated heterocycles. The normalized spacial score (nSPS) is 20.1. The molecule has 3 rings (SSSR count). The highest BCUT2D eigenvalue weighted by molar-refractivity contribution is 5.97. The first-order chi connectivity index (χ1) is 12.2. The number of anilines is 1. The zero-order chi connectivity index (χ0) is 17.6. The molecule has 25 heavy (non-hydrogen) atoms. The van der Waals surface area contributed by atoms with Crippen molar-refractivity contribution in [2.75, 3.05) is 25.0 Å². The first-order valence-electron chi connectivity index (χ1n) is 9.46. The summed E-state index contributed by atoms with van der Waals surface area (Å²) in [7, 11) is 0. The van der Waals surface area contributed by atoms with Crippen LogP contribution in [-0.2, 0) is 9.53 Å². The molecule has 2 aliphatic rings. The monoisotopic (exact) mass is 344 g/mol. The molecular weight excluding hydrogens is 316 g/mol. The van der Waals surface area contributed by atoms with Crippen LogP contribution in [0.2, 0.25) is 0 Å². The van der Waals surface area contributed by atoms with E-state index in [2.05, 4.69) is 5.32 Å². The Hall–Kier alpha value is -1.88. The van der Waals surface area contributed by atoms with Gasteiger partial charge in [-0.15, -0.1) is 0 Å². The molecule has 0 aromatic heterocycles. The van der Waals surface area contributed by atoms with Crippen molar-refractivity contribution >= 4 is 17.5 Å². The third-order valence-corrected chi connectivity index (χ3v) is 5.15. The molecule has 2 amide bonds. The van der Waals surface area contributed by atoms with Gasteiger partial charge in [0, 0.05) is 37.4 Å². The molecule has 2 fully saturated rings. The summed E-state index contributed by atoms with van der Waals surface area (Å²) in [5, 5.41) is 2.83. The van der Waals surface area contributed by atoms with E-state index in [0.29, 0.717) is 30.1 Å². The van der Waals surface area contributed by atoms with E-state index < -0.39 is 0 Å². The Bertz CT molecular complexity index is 607. The highest BCUT2D eigenvalue weighted by Gasteiger charge is 2.28. The van der Waals surface area contributed by atoms with Crippen LogP contribution in [0.3, 0.4) is 0 Å². The molecule has 1 aliphatic heterocycles. The largest absolute Gasteiger partial charge is 0.376 e. The number of carbonyl (C=O) groups excluding carboxylic acids is 2.